The van der Waals surface area contributed by atoms with Crippen molar-refractivity contribution in [2.24, 2.45) is 5.92 Å². The smallest absolute Gasteiger partial charge is 0.0583 e. The first-order chi connectivity index (χ1) is 9.74. The van der Waals surface area contributed by atoms with Crippen LogP contribution in [0.3, 0.4) is 0 Å². The van der Waals surface area contributed by atoms with Gasteiger partial charge in [-0.25, -0.2) is 0 Å². The topological polar surface area (TPSA) is 23.5 Å². The van der Waals surface area contributed by atoms with Crippen molar-refractivity contribution in [2.45, 2.75) is 57.2 Å². The molecule has 1 aliphatic carbocycles. The van der Waals surface area contributed by atoms with Gasteiger partial charge < -0.3 is 5.11 Å². The molecule has 3 atom stereocenters. The summed E-state index contributed by atoms with van der Waals surface area (Å²) in [6.45, 7) is 2.15. The van der Waals surface area contributed by atoms with E-state index in [1.807, 2.05) is 12.1 Å². The minimum Gasteiger partial charge on any atom is -0.393 e. The number of rotatable bonds is 3. The molecule has 1 heterocycles. The Balaban J connectivity index is 1.67. The van der Waals surface area contributed by atoms with Crippen LogP contribution in [0.1, 0.15) is 44.1 Å². The summed E-state index contributed by atoms with van der Waals surface area (Å²) in [6.07, 6.45) is 7.10. The Morgan fingerprint density at radius 2 is 1.80 bits per heavy atom. The largest absolute Gasteiger partial charge is 0.393 e. The van der Waals surface area contributed by atoms with E-state index in [1.54, 1.807) is 0 Å². The van der Waals surface area contributed by atoms with Gasteiger partial charge in [-0.3, -0.25) is 4.90 Å². The van der Waals surface area contributed by atoms with Gasteiger partial charge in [0.2, 0.25) is 0 Å². The van der Waals surface area contributed by atoms with Crippen LogP contribution in [0.2, 0.25) is 5.02 Å². The summed E-state index contributed by atoms with van der Waals surface area (Å²) in [4.78, 5) is 2.57. The van der Waals surface area contributed by atoms with Gasteiger partial charge in [-0.05, 0) is 49.9 Å². The van der Waals surface area contributed by atoms with Gasteiger partial charge in [0.15, 0.2) is 0 Å². The van der Waals surface area contributed by atoms with Crippen LogP contribution in [0, 0.1) is 5.92 Å². The highest BCUT2D eigenvalue weighted by molar-refractivity contribution is 6.30. The lowest BCUT2D eigenvalue weighted by molar-refractivity contribution is 0.0201. The molecule has 1 N–H and O–H groups in total. The third-order valence-corrected chi connectivity index (χ3v) is 5.24. The average Bonchev–Trinajstić information content (AvgIpc) is 2.90. The molecule has 1 aliphatic heterocycles. The second kappa shape index (κ2) is 6.46. The molecule has 110 valence electrons. The second-order valence-electron chi connectivity index (χ2n) is 6.32. The predicted octanol–water partition coefficient (Wildman–Crippen LogP) is 3.86. The highest BCUT2D eigenvalue weighted by Crippen LogP contribution is 2.35. The first-order valence-electron chi connectivity index (χ1n) is 7.90. The molecular weight excluding hydrogens is 270 g/mol. The summed E-state index contributed by atoms with van der Waals surface area (Å²) in [5.41, 5.74) is 1.33. The fourth-order valence-electron chi connectivity index (χ4n) is 3.95. The van der Waals surface area contributed by atoms with E-state index in [2.05, 4.69) is 17.0 Å². The fraction of sp³-hybridized carbons (Fsp3) is 0.647. The van der Waals surface area contributed by atoms with E-state index < -0.39 is 0 Å². The van der Waals surface area contributed by atoms with Crippen LogP contribution in [0.25, 0.3) is 0 Å². The summed E-state index contributed by atoms with van der Waals surface area (Å²) in [7, 11) is 0. The second-order valence-corrected chi connectivity index (χ2v) is 6.76. The lowest BCUT2D eigenvalue weighted by Crippen LogP contribution is -2.42. The van der Waals surface area contributed by atoms with Crippen molar-refractivity contribution in [1.29, 1.82) is 0 Å². The van der Waals surface area contributed by atoms with Crippen LogP contribution in [-0.4, -0.2) is 28.7 Å². The van der Waals surface area contributed by atoms with Crippen LogP contribution in [0.15, 0.2) is 24.3 Å². The van der Waals surface area contributed by atoms with Crippen LogP contribution in [0.5, 0.6) is 0 Å². The molecule has 2 nitrogen and oxygen atoms in total. The fourth-order valence-corrected chi connectivity index (χ4v) is 4.07. The van der Waals surface area contributed by atoms with Crippen LogP contribution in [0.4, 0.5) is 0 Å². The Morgan fingerprint density at radius 3 is 2.55 bits per heavy atom. The average molecular weight is 294 g/mol. The molecule has 0 amide bonds. The Kier molecular flexibility index (Phi) is 4.65. The van der Waals surface area contributed by atoms with E-state index in [0.717, 1.165) is 24.5 Å². The summed E-state index contributed by atoms with van der Waals surface area (Å²) in [5, 5.41) is 11.1. The van der Waals surface area contributed by atoms with Gasteiger partial charge in [0.25, 0.3) is 0 Å². The SMILES string of the molecule is OC1CCCCC1C1CCCN1Cc1ccc(Cl)cc1. The molecule has 1 aromatic carbocycles. The molecule has 0 aromatic heterocycles. The summed E-state index contributed by atoms with van der Waals surface area (Å²) in [6, 6.07) is 8.75. The minimum absolute atomic E-state index is 0.0837. The van der Waals surface area contributed by atoms with E-state index in [9.17, 15) is 5.11 Å². The zero-order valence-electron chi connectivity index (χ0n) is 12.0. The van der Waals surface area contributed by atoms with Crippen LogP contribution in [-0.2, 0) is 6.54 Å². The number of benzene rings is 1. The molecule has 3 rings (SSSR count). The van der Waals surface area contributed by atoms with Crippen molar-refractivity contribution in [3.05, 3.63) is 34.9 Å². The molecule has 20 heavy (non-hydrogen) atoms. The maximum absolute atomic E-state index is 10.3. The molecule has 1 saturated heterocycles. The lowest BCUT2D eigenvalue weighted by atomic mass is 9.80. The van der Waals surface area contributed by atoms with E-state index in [0.29, 0.717) is 12.0 Å². The van der Waals surface area contributed by atoms with Crippen molar-refractivity contribution in [2.75, 3.05) is 6.54 Å². The Bertz CT molecular complexity index is 433. The molecule has 2 aliphatic rings. The number of aliphatic hydroxyl groups is 1. The van der Waals surface area contributed by atoms with Crippen molar-refractivity contribution in [3.63, 3.8) is 0 Å². The number of nitrogens with zero attached hydrogens (tertiary/aromatic N) is 1. The van der Waals surface area contributed by atoms with Crippen molar-refractivity contribution < 1.29 is 5.11 Å². The van der Waals surface area contributed by atoms with Gasteiger partial charge in [0.1, 0.15) is 0 Å². The Morgan fingerprint density at radius 1 is 1.05 bits per heavy atom. The van der Waals surface area contributed by atoms with Crippen LogP contribution < -0.4 is 0 Å². The minimum atomic E-state index is -0.0837. The molecule has 0 radical (unpaired) electrons. The van der Waals surface area contributed by atoms with E-state index in [-0.39, 0.29) is 6.10 Å². The highest BCUT2D eigenvalue weighted by Gasteiger charge is 2.36. The van der Waals surface area contributed by atoms with Gasteiger partial charge in [0, 0.05) is 23.5 Å². The van der Waals surface area contributed by atoms with Crippen molar-refractivity contribution >= 4 is 11.6 Å². The number of aliphatic hydroxyl groups excluding tert-OH is 1. The van der Waals surface area contributed by atoms with Crippen LogP contribution >= 0.6 is 11.6 Å². The van der Waals surface area contributed by atoms with Gasteiger partial charge in [-0.1, -0.05) is 36.6 Å². The van der Waals surface area contributed by atoms with Gasteiger partial charge >= 0.3 is 0 Å². The maximum atomic E-state index is 10.3. The molecule has 1 saturated carbocycles. The third kappa shape index (κ3) is 3.19. The Hall–Kier alpha value is -0.570. The first-order valence-corrected chi connectivity index (χ1v) is 8.28. The van der Waals surface area contributed by atoms with E-state index in [4.69, 9.17) is 11.6 Å². The van der Waals surface area contributed by atoms with Crippen molar-refractivity contribution in [3.8, 4) is 0 Å². The molecule has 3 unspecified atom stereocenters. The predicted molar refractivity (Wildman–Crippen MR) is 82.8 cm³/mol. The number of hydrogen-bond donors (Lipinski definition) is 1. The maximum Gasteiger partial charge on any atom is 0.0583 e. The molecule has 3 heteroatoms. The van der Waals surface area contributed by atoms with Gasteiger partial charge in [0.05, 0.1) is 6.10 Å². The molecule has 0 spiro atoms. The summed E-state index contributed by atoms with van der Waals surface area (Å²) >= 11 is 5.95. The van der Waals surface area contributed by atoms with Crippen molar-refractivity contribution in [1.82, 2.24) is 4.90 Å². The molecule has 1 aromatic rings. The number of likely N-dealkylation sites (tertiary alicyclic amines) is 1. The van der Waals surface area contributed by atoms with E-state index >= 15 is 0 Å². The standard InChI is InChI=1S/C17H24ClNO/c18-14-9-7-13(8-10-14)12-19-11-3-5-16(19)15-4-1-2-6-17(15)20/h7-10,15-17,20H,1-6,11-12H2. The van der Waals surface area contributed by atoms with Gasteiger partial charge in [-0.15, -0.1) is 0 Å². The molecule has 2 fully saturated rings. The zero-order chi connectivity index (χ0) is 13.9. The van der Waals surface area contributed by atoms with E-state index in [1.165, 1.54) is 37.7 Å². The lowest BCUT2D eigenvalue weighted by Gasteiger charge is -2.37. The monoisotopic (exact) mass is 293 g/mol. The summed E-state index contributed by atoms with van der Waals surface area (Å²) in [5.74, 6) is 0.485. The number of hydrogen-bond acceptors (Lipinski definition) is 2. The summed E-state index contributed by atoms with van der Waals surface area (Å²) < 4.78 is 0. The number of halogens is 1. The highest BCUT2D eigenvalue weighted by atomic mass is 35.5. The van der Waals surface area contributed by atoms with Gasteiger partial charge in [-0.2, -0.15) is 0 Å². The normalized spacial score (nSPS) is 31.6. The molecule has 0 bridgehead atoms. The third-order valence-electron chi connectivity index (χ3n) is 4.99. The Labute approximate surface area is 126 Å². The molecular formula is C17H24ClNO. The quantitative estimate of drug-likeness (QED) is 0.915. The zero-order valence-corrected chi connectivity index (χ0v) is 12.7. The first kappa shape index (κ1) is 14.4.